The third-order valence-electron chi connectivity index (χ3n) is 2.36. The van der Waals surface area contributed by atoms with Gasteiger partial charge in [-0.2, -0.15) is 0 Å². The molecular formula is C11H16N4. The molecule has 0 bridgehead atoms. The molecule has 0 aliphatic carbocycles. The molecule has 0 spiro atoms. The van der Waals surface area contributed by atoms with E-state index in [9.17, 15) is 0 Å². The number of aromatic nitrogens is 1. The summed E-state index contributed by atoms with van der Waals surface area (Å²) in [6, 6.07) is 4.01. The van der Waals surface area contributed by atoms with Crippen LogP contribution >= 0.6 is 0 Å². The summed E-state index contributed by atoms with van der Waals surface area (Å²) in [6.45, 7) is 2.74. The molecule has 0 radical (unpaired) electrons. The van der Waals surface area contributed by atoms with Crippen molar-refractivity contribution in [2.75, 3.05) is 13.1 Å². The summed E-state index contributed by atoms with van der Waals surface area (Å²) < 4.78 is 0. The van der Waals surface area contributed by atoms with E-state index in [0.29, 0.717) is 0 Å². The molecule has 80 valence electrons. The number of rotatable bonds is 2. The Morgan fingerprint density at radius 2 is 2.13 bits per heavy atom. The van der Waals surface area contributed by atoms with Crippen molar-refractivity contribution in [1.29, 1.82) is 0 Å². The van der Waals surface area contributed by atoms with Crippen molar-refractivity contribution in [3.63, 3.8) is 0 Å². The molecule has 2 heterocycles. The van der Waals surface area contributed by atoms with E-state index >= 15 is 0 Å². The van der Waals surface area contributed by atoms with E-state index in [2.05, 4.69) is 20.6 Å². The monoisotopic (exact) mass is 204 g/mol. The minimum Gasteiger partial charge on any atom is -0.356 e. The molecule has 2 N–H and O–H groups in total. The van der Waals surface area contributed by atoms with Crippen LogP contribution < -0.4 is 10.6 Å². The van der Waals surface area contributed by atoms with Gasteiger partial charge in [-0.3, -0.25) is 9.98 Å². The smallest absolute Gasteiger partial charge is 0.191 e. The molecule has 0 fully saturated rings. The van der Waals surface area contributed by atoms with Gasteiger partial charge in [-0.15, -0.1) is 0 Å². The summed E-state index contributed by atoms with van der Waals surface area (Å²) in [7, 11) is 0. The molecule has 0 saturated carbocycles. The molecule has 2 rings (SSSR count). The Morgan fingerprint density at radius 3 is 3.00 bits per heavy atom. The lowest BCUT2D eigenvalue weighted by Crippen LogP contribution is -2.36. The van der Waals surface area contributed by atoms with Crippen LogP contribution in [0.2, 0.25) is 0 Å². The van der Waals surface area contributed by atoms with E-state index in [4.69, 9.17) is 0 Å². The van der Waals surface area contributed by atoms with Gasteiger partial charge in [-0.25, -0.2) is 0 Å². The Labute approximate surface area is 89.8 Å². The summed E-state index contributed by atoms with van der Waals surface area (Å²) in [4.78, 5) is 8.40. The highest BCUT2D eigenvalue weighted by Crippen LogP contribution is 1.96. The van der Waals surface area contributed by atoms with Crippen molar-refractivity contribution in [2.24, 2.45) is 4.99 Å². The standard InChI is InChI=1S/C11H16N4/c1-2-6-14-11(13-5-1)15-9-10-3-7-12-8-4-10/h3-4,7-8H,1-2,5-6,9H2,(H2,13,14,15). The molecule has 1 aliphatic rings. The molecule has 0 atom stereocenters. The van der Waals surface area contributed by atoms with Crippen LogP contribution in [-0.2, 0) is 6.54 Å². The van der Waals surface area contributed by atoms with Gasteiger partial charge in [0.1, 0.15) is 0 Å². The molecule has 15 heavy (non-hydrogen) atoms. The van der Waals surface area contributed by atoms with Gasteiger partial charge < -0.3 is 10.6 Å². The number of nitrogens with one attached hydrogen (secondary N) is 2. The SMILES string of the molecule is c1cc(CNC2=NCCCCN2)ccn1. The molecule has 1 aliphatic heterocycles. The number of aliphatic imine (C=N–C) groups is 1. The van der Waals surface area contributed by atoms with Crippen LogP contribution in [0.4, 0.5) is 0 Å². The fourth-order valence-electron chi connectivity index (χ4n) is 1.50. The summed E-state index contributed by atoms with van der Waals surface area (Å²) in [5.41, 5.74) is 1.22. The van der Waals surface area contributed by atoms with Crippen LogP contribution in [0.1, 0.15) is 18.4 Å². The first-order valence-electron chi connectivity index (χ1n) is 5.36. The Hall–Kier alpha value is -1.58. The van der Waals surface area contributed by atoms with E-state index in [1.165, 1.54) is 18.4 Å². The minimum atomic E-state index is 0.800. The van der Waals surface area contributed by atoms with Crippen molar-refractivity contribution in [3.05, 3.63) is 30.1 Å². The maximum absolute atomic E-state index is 4.42. The normalized spacial score (nSPS) is 16.1. The highest BCUT2D eigenvalue weighted by atomic mass is 15.2. The first kappa shape index (κ1) is 9.96. The molecule has 1 aromatic rings. The van der Waals surface area contributed by atoms with E-state index in [-0.39, 0.29) is 0 Å². The summed E-state index contributed by atoms with van der Waals surface area (Å²) in [5, 5.41) is 6.56. The summed E-state index contributed by atoms with van der Waals surface area (Å²) >= 11 is 0. The largest absolute Gasteiger partial charge is 0.356 e. The van der Waals surface area contributed by atoms with Crippen molar-refractivity contribution in [1.82, 2.24) is 15.6 Å². The zero-order chi connectivity index (χ0) is 10.3. The van der Waals surface area contributed by atoms with E-state index < -0.39 is 0 Å². The Kier molecular flexibility index (Phi) is 3.54. The predicted molar refractivity (Wildman–Crippen MR) is 60.6 cm³/mol. The molecule has 0 unspecified atom stereocenters. The highest BCUT2D eigenvalue weighted by Gasteiger charge is 2.01. The summed E-state index contributed by atoms with van der Waals surface area (Å²) in [5.74, 6) is 0.921. The average Bonchev–Trinajstić information content (AvgIpc) is 2.56. The summed E-state index contributed by atoms with van der Waals surface area (Å²) in [6.07, 6.45) is 5.98. The second-order valence-electron chi connectivity index (χ2n) is 3.57. The topological polar surface area (TPSA) is 49.3 Å². The van der Waals surface area contributed by atoms with Gasteiger partial charge >= 0.3 is 0 Å². The van der Waals surface area contributed by atoms with Crippen molar-refractivity contribution >= 4 is 5.96 Å². The van der Waals surface area contributed by atoms with Crippen LogP contribution in [0.15, 0.2) is 29.5 Å². The molecular weight excluding hydrogens is 188 g/mol. The third kappa shape index (κ3) is 3.23. The second kappa shape index (κ2) is 5.34. The molecule has 1 aromatic heterocycles. The van der Waals surface area contributed by atoms with Gasteiger partial charge in [0.25, 0.3) is 0 Å². The first-order valence-corrected chi connectivity index (χ1v) is 5.36. The predicted octanol–water partition coefficient (Wildman–Crippen LogP) is 0.911. The fourth-order valence-corrected chi connectivity index (χ4v) is 1.50. The maximum atomic E-state index is 4.42. The fraction of sp³-hybridized carbons (Fsp3) is 0.455. The second-order valence-corrected chi connectivity index (χ2v) is 3.57. The average molecular weight is 204 g/mol. The Balaban J connectivity index is 1.84. The van der Waals surface area contributed by atoms with E-state index in [0.717, 1.165) is 25.6 Å². The van der Waals surface area contributed by atoms with Gasteiger partial charge in [0.15, 0.2) is 5.96 Å². The van der Waals surface area contributed by atoms with Crippen LogP contribution in [0.3, 0.4) is 0 Å². The Bertz CT molecular complexity index is 321. The number of pyridine rings is 1. The zero-order valence-corrected chi connectivity index (χ0v) is 8.74. The molecule has 4 nitrogen and oxygen atoms in total. The van der Waals surface area contributed by atoms with Crippen LogP contribution in [0.5, 0.6) is 0 Å². The van der Waals surface area contributed by atoms with E-state index in [1.54, 1.807) is 12.4 Å². The van der Waals surface area contributed by atoms with Crippen LogP contribution in [-0.4, -0.2) is 24.0 Å². The van der Waals surface area contributed by atoms with Gasteiger partial charge in [0, 0.05) is 32.0 Å². The van der Waals surface area contributed by atoms with Gasteiger partial charge in [0.2, 0.25) is 0 Å². The van der Waals surface area contributed by atoms with Crippen molar-refractivity contribution in [3.8, 4) is 0 Å². The quantitative estimate of drug-likeness (QED) is 0.753. The zero-order valence-electron chi connectivity index (χ0n) is 8.74. The van der Waals surface area contributed by atoms with Gasteiger partial charge in [-0.05, 0) is 30.5 Å². The Morgan fingerprint density at radius 1 is 1.27 bits per heavy atom. The third-order valence-corrected chi connectivity index (χ3v) is 2.36. The number of guanidine groups is 1. The maximum Gasteiger partial charge on any atom is 0.191 e. The molecule has 4 heteroatoms. The molecule has 0 saturated heterocycles. The van der Waals surface area contributed by atoms with Gasteiger partial charge in [-0.1, -0.05) is 0 Å². The molecule has 0 aromatic carbocycles. The van der Waals surface area contributed by atoms with Crippen molar-refractivity contribution < 1.29 is 0 Å². The number of hydrogen-bond acceptors (Lipinski definition) is 4. The van der Waals surface area contributed by atoms with E-state index in [1.807, 2.05) is 12.1 Å². The number of hydrogen-bond donors (Lipinski definition) is 2. The lowest BCUT2D eigenvalue weighted by molar-refractivity contribution is 0.742. The van der Waals surface area contributed by atoms with Crippen molar-refractivity contribution in [2.45, 2.75) is 19.4 Å². The van der Waals surface area contributed by atoms with Crippen LogP contribution in [0.25, 0.3) is 0 Å². The minimum absolute atomic E-state index is 0.800. The lowest BCUT2D eigenvalue weighted by Gasteiger charge is -2.09. The lowest BCUT2D eigenvalue weighted by atomic mass is 10.3. The van der Waals surface area contributed by atoms with Gasteiger partial charge in [0.05, 0.1) is 0 Å². The molecule has 0 amide bonds. The first-order chi connectivity index (χ1) is 7.45. The van der Waals surface area contributed by atoms with Crippen LogP contribution in [0, 0.1) is 0 Å². The number of nitrogens with zero attached hydrogens (tertiary/aromatic N) is 2. The highest BCUT2D eigenvalue weighted by molar-refractivity contribution is 5.79.